The summed E-state index contributed by atoms with van der Waals surface area (Å²) in [6.45, 7) is 13.6. The largest absolute Gasteiger partial charge is 0.494 e. The molecule has 0 bridgehead atoms. The number of hydrogen-bond acceptors (Lipinski definition) is 7. The third-order valence-corrected chi connectivity index (χ3v) is 10.2. The quantitative estimate of drug-likeness (QED) is 0.342. The summed E-state index contributed by atoms with van der Waals surface area (Å²) >= 11 is 0. The van der Waals surface area contributed by atoms with Crippen LogP contribution in [-0.4, -0.2) is 67.5 Å². The van der Waals surface area contributed by atoms with Crippen LogP contribution in [0.1, 0.15) is 77.5 Å². The zero-order chi connectivity index (χ0) is 32.8. The third-order valence-electron chi connectivity index (χ3n) is 10.2. The van der Waals surface area contributed by atoms with E-state index in [-0.39, 0.29) is 36.2 Å². The molecule has 46 heavy (non-hydrogen) atoms. The molecule has 0 spiro atoms. The van der Waals surface area contributed by atoms with Crippen LogP contribution in [0.3, 0.4) is 0 Å². The predicted molar refractivity (Wildman–Crippen MR) is 181 cm³/mol. The Balaban J connectivity index is 1.17. The Kier molecular flexibility index (Phi) is 8.72. The summed E-state index contributed by atoms with van der Waals surface area (Å²) in [6, 6.07) is 12.5. The molecule has 0 unspecified atom stereocenters. The second-order valence-electron chi connectivity index (χ2n) is 14.2. The minimum atomic E-state index is -0.640. The maximum absolute atomic E-state index is 13.6. The fourth-order valence-corrected chi connectivity index (χ4v) is 6.87. The topological polar surface area (TPSA) is 101 Å². The molecule has 2 aromatic rings. The average molecular weight is 627 g/mol. The maximum Gasteiger partial charge on any atom is 0.494 e. The Morgan fingerprint density at radius 3 is 2.43 bits per heavy atom. The zero-order valence-corrected chi connectivity index (χ0v) is 28.2. The molecule has 2 aromatic carbocycles. The molecule has 2 saturated heterocycles. The number of amides is 2. The highest BCUT2D eigenvalue weighted by Gasteiger charge is 2.51. The van der Waals surface area contributed by atoms with Gasteiger partial charge in [0.15, 0.2) is 0 Å². The summed E-state index contributed by atoms with van der Waals surface area (Å²) in [6.07, 6.45) is 7.08. The van der Waals surface area contributed by atoms with Crippen LogP contribution in [-0.2, 0) is 25.3 Å². The second kappa shape index (κ2) is 12.5. The molecule has 9 nitrogen and oxygen atoms in total. The number of methoxy groups -OCH3 is 1. The molecule has 2 atom stereocenters. The molecule has 2 amide bonds. The van der Waals surface area contributed by atoms with Gasteiger partial charge in [-0.3, -0.25) is 4.79 Å². The van der Waals surface area contributed by atoms with Crippen LogP contribution >= 0.6 is 0 Å². The highest BCUT2D eigenvalue weighted by molar-refractivity contribution is 6.62. The molecule has 4 aliphatic rings. The molecule has 0 radical (unpaired) electrons. The lowest BCUT2D eigenvalue weighted by molar-refractivity contribution is -0.134. The number of ether oxygens (including phenoxy) is 1. The fraction of sp³-hybridized carbons (Fsp3) is 0.500. The first-order valence-electron chi connectivity index (χ1n) is 16.6. The average Bonchev–Trinajstić information content (AvgIpc) is 3.68. The van der Waals surface area contributed by atoms with Gasteiger partial charge in [-0.05, 0) is 98.6 Å². The first kappa shape index (κ1) is 32.2. The Labute approximate surface area is 273 Å². The van der Waals surface area contributed by atoms with Gasteiger partial charge >= 0.3 is 13.2 Å². The van der Waals surface area contributed by atoms with E-state index in [1.807, 2.05) is 24.9 Å². The summed E-state index contributed by atoms with van der Waals surface area (Å²) < 4.78 is 17.4. The molecule has 3 heterocycles. The standard InChI is InChI=1S/C36H47BN4O5/c1-22(2)32(40-34(43)44-7)33(42)41-17-9-11-31(41)29-10-8-16-38-30(21-39-29)23-12-14-27-24(18-23)19-25-20-26(13-15-28(25)27)37-45-35(3,4)36(5,6)46-37/h10,12-15,18,20-22,31-32,38-39H,8-9,11,16-17,19H2,1-7H3,(H,40,43)/b29-10+,30-21-/t31-,32-/m0/s1. The molecule has 3 N–H and O–H groups in total. The number of carbonyl (C=O) groups excluding carboxylic acids is 2. The molecule has 1 aliphatic carbocycles. The first-order chi connectivity index (χ1) is 21.9. The van der Waals surface area contributed by atoms with E-state index in [0.29, 0.717) is 6.54 Å². The molecular weight excluding hydrogens is 579 g/mol. The van der Waals surface area contributed by atoms with Gasteiger partial charge in [0, 0.05) is 25.0 Å². The first-order valence-corrected chi connectivity index (χ1v) is 16.6. The summed E-state index contributed by atoms with van der Waals surface area (Å²) in [5, 5.41) is 9.89. The SMILES string of the molecule is COC(=O)N[C@H](C(=O)N1CCC[C@H]1/C1=C\CCN/C(c2ccc3c(c2)Cc2cc(B4OC(C)(C)C(C)(C)O4)ccc2-3)=C\N1)C(C)C. The van der Waals surface area contributed by atoms with Crippen molar-refractivity contribution in [2.75, 3.05) is 20.2 Å². The van der Waals surface area contributed by atoms with Crippen molar-refractivity contribution in [1.29, 1.82) is 0 Å². The van der Waals surface area contributed by atoms with Crippen molar-refractivity contribution in [2.45, 2.75) is 90.5 Å². The highest BCUT2D eigenvalue weighted by atomic mass is 16.7. The van der Waals surface area contributed by atoms with Crippen LogP contribution < -0.4 is 21.4 Å². The van der Waals surface area contributed by atoms with Crippen molar-refractivity contribution < 1.29 is 23.6 Å². The number of nitrogens with zero attached hydrogens (tertiary/aromatic N) is 1. The Morgan fingerprint density at radius 2 is 1.74 bits per heavy atom. The van der Waals surface area contributed by atoms with Gasteiger partial charge in [0.1, 0.15) is 6.04 Å². The van der Waals surface area contributed by atoms with Gasteiger partial charge in [0.2, 0.25) is 5.91 Å². The third kappa shape index (κ3) is 6.05. The normalized spacial score (nSPS) is 24.3. The summed E-state index contributed by atoms with van der Waals surface area (Å²) in [4.78, 5) is 27.5. The van der Waals surface area contributed by atoms with Crippen molar-refractivity contribution in [2.24, 2.45) is 5.92 Å². The highest BCUT2D eigenvalue weighted by Crippen LogP contribution is 2.40. The number of rotatable bonds is 6. The van der Waals surface area contributed by atoms with Crippen LogP contribution in [0.2, 0.25) is 0 Å². The summed E-state index contributed by atoms with van der Waals surface area (Å²) in [7, 11) is 0.939. The number of alkyl carbamates (subject to hydrolysis) is 1. The Hall–Kier alpha value is -3.76. The molecule has 0 aromatic heterocycles. The van der Waals surface area contributed by atoms with E-state index in [2.05, 4.69) is 86.1 Å². The van der Waals surface area contributed by atoms with E-state index in [1.54, 1.807) is 0 Å². The van der Waals surface area contributed by atoms with Gasteiger partial charge in [0.25, 0.3) is 0 Å². The van der Waals surface area contributed by atoms with Crippen LogP contribution in [0.15, 0.2) is 54.4 Å². The van der Waals surface area contributed by atoms with Crippen LogP contribution in [0.4, 0.5) is 4.79 Å². The van der Waals surface area contributed by atoms with Gasteiger partial charge < -0.3 is 34.9 Å². The molecule has 244 valence electrons. The lowest BCUT2D eigenvalue weighted by Gasteiger charge is -2.32. The molecule has 3 aliphatic heterocycles. The van der Waals surface area contributed by atoms with Crippen molar-refractivity contribution in [3.8, 4) is 11.1 Å². The number of hydrogen-bond donors (Lipinski definition) is 3. The minimum absolute atomic E-state index is 0.0657. The van der Waals surface area contributed by atoms with E-state index in [0.717, 1.165) is 54.6 Å². The van der Waals surface area contributed by atoms with Crippen molar-refractivity contribution >= 4 is 30.3 Å². The van der Waals surface area contributed by atoms with Crippen LogP contribution in [0, 0.1) is 5.92 Å². The Bertz CT molecular complexity index is 1570. The number of likely N-dealkylation sites (tertiary alicyclic amines) is 1. The van der Waals surface area contributed by atoms with E-state index in [9.17, 15) is 9.59 Å². The minimum Gasteiger partial charge on any atom is -0.453 e. The summed E-state index contributed by atoms with van der Waals surface area (Å²) in [5.41, 5.74) is 8.57. The van der Waals surface area contributed by atoms with E-state index in [1.165, 1.54) is 29.4 Å². The van der Waals surface area contributed by atoms with Crippen LogP contribution in [0.5, 0.6) is 0 Å². The molecule has 10 heteroatoms. The fourth-order valence-electron chi connectivity index (χ4n) is 6.87. The van der Waals surface area contributed by atoms with Crippen molar-refractivity contribution in [3.05, 3.63) is 71.1 Å². The van der Waals surface area contributed by atoms with Gasteiger partial charge in [-0.15, -0.1) is 0 Å². The number of fused-ring (bicyclic) bond motifs is 3. The van der Waals surface area contributed by atoms with E-state index < -0.39 is 12.1 Å². The van der Waals surface area contributed by atoms with Gasteiger partial charge in [-0.1, -0.05) is 50.3 Å². The smallest absolute Gasteiger partial charge is 0.453 e. The molecule has 0 saturated carbocycles. The monoisotopic (exact) mass is 626 g/mol. The van der Waals surface area contributed by atoms with Gasteiger partial charge in [-0.2, -0.15) is 0 Å². The van der Waals surface area contributed by atoms with E-state index in [4.69, 9.17) is 14.0 Å². The van der Waals surface area contributed by atoms with Gasteiger partial charge in [-0.25, -0.2) is 4.79 Å². The predicted octanol–water partition coefficient (Wildman–Crippen LogP) is 4.69. The van der Waals surface area contributed by atoms with E-state index >= 15 is 0 Å². The van der Waals surface area contributed by atoms with Crippen LogP contribution in [0.25, 0.3) is 16.8 Å². The molecule has 2 fully saturated rings. The lowest BCUT2D eigenvalue weighted by Crippen LogP contribution is -2.53. The zero-order valence-electron chi connectivity index (χ0n) is 28.2. The molecule has 6 rings (SSSR count). The maximum atomic E-state index is 13.6. The number of nitrogens with one attached hydrogen (secondary N) is 3. The summed E-state index contributed by atoms with van der Waals surface area (Å²) in [5.74, 6) is -0.140. The van der Waals surface area contributed by atoms with Crippen molar-refractivity contribution in [1.82, 2.24) is 20.9 Å². The van der Waals surface area contributed by atoms with Gasteiger partial charge in [0.05, 0.1) is 30.1 Å². The Morgan fingerprint density at radius 1 is 1.04 bits per heavy atom. The van der Waals surface area contributed by atoms with Crippen molar-refractivity contribution in [3.63, 3.8) is 0 Å². The molecular formula is C36H47BN4O5. The lowest BCUT2D eigenvalue weighted by atomic mass is 9.78. The second-order valence-corrected chi connectivity index (χ2v) is 14.2. The number of carbonyl (C=O) groups is 2. The number of benzene rings is 2.